The zero-order chi connectivity index (χ0) is 11.5. The van der Waals surface area contributed by atoms with Crippen LogP contribution in [0, 0.1) is 0 Å². The number of benzene rings is 1. The summed E-state index contributed by atoms with van der Waals surface area (Å²) in [5.41, 5.74) is 20.3. The first-order chi connectivity index (χ1) is 7.70. The van der Waals surface area contributed by atoms with Crippen LogP contribution < -0.4 is 17.2 Å². The molecule has 1 aromatic carbocycles. The van der Waals surface area contributed by atoms with Crippen molar-refractivity contribution >= 4 is 11.5 Å². The Labute approximate surface area is 94.1 Å². The Hall–Kier alpha value is -2.07. The van der Waals surface area contributed by atoms with E-state index in [1.165, 1.54) is 0 Å². The first kappa shape index (κ1) is 10.4. The highest BCUT2D eigenvalue weighted by atomic mass is 14.8. The largest absolute Gasteiger partial charge is 0.399 e. The number of rotatable bonds is 2. The molecule has 4 nitrogen and oxygen atoms in total. The number of aromatic nitrogens is 1. The number of nitrogens with two attached hydrogens (primary N) is 3. The molecule has 4 heteroatoms. The summed E-state index contributed by atoms with van der Waals surface area (Å²) < 4.78 is 0. The van der Waals surface area contributed by atoms with Crippen LogP contribution >= 0.6 is 0 Å². The van der Waals surface area contributed by atoms with Gasteiger partial charge in [0.25, 0.3) is 0 Å². The van der Waals surface area contributed by atoms with E-state index in [1.54, 1.807) is 0 Å². The first-order valence-corrected chi connectivity index (χ1v) is 5.02. The Balaban J connectivity index is 2.41. The maximum Gasteiger partial charge on any atom is 0.128 e. The third-order valence-electron chi connectivity index (χ3n) is 2.44. The van der Waals surface area contributed by atoms with Crippen molar-refractivity contribution in [2.24, 2.45) is 5.73 Å². The Morgan fingerprint density at radius 2 is 1.62 bits per heavy atom. The zero-order valence-corrected chi connectivity index (χ0v) is 8.85. The minimum absolute atomic E-state index is 0.404. The van der Waals surface area contributed by atoms with Gasteiger partial charge in [-0.15, -0.1) is 0 Å². The molecule has 6 N–H and O–H groups in total. The molecule has 0 radical (unpaired) electrons. The van der Waals surface area contributed by atoms with Gasteiger partial charge in [-0.2, -0.15) is 0 Å². The van der Waals surface area contributed by atoms with Crippen molar-refractivity contribution in [3.63, 3.8) is 0 Å². The third-order valence-corrected chi connectivity index (χ3v) is 2.44. The summed E-state index contributed by atoms with van der Waals surface area (Å²) in [5, 5.41) is 0. The Kier molecular flexibility index (Phi) is 2.74. The van der Waals surface area contributed by atoms with Crippen molar-refractivity contribution in [1.82, 2.24) is 4.98 Å². The summed E-state index contributed by atoms with van der Waals surface area (Å²) in [5.74, 6) is 0.483. The lowest BCUT2D eigenvalue weighted by molar-refractivity contribution is 1.06. The summed E-state index contributed by atoms with van der Waals surface area (Å²) in [6, 6.07) is 11.3. The molecule has 0 aliphatic heterocycles. The summed E-state index contributed by atoms with van der Waals surface area (Å²) in [6.45, 7) is 0.404. The van der Waals surface area contributed by atoms with E-state index >= 15 is 0 Å². The second-order valence-corrected chi connectivity index (χ2v) is 3.57. The minimum atomic E-state index is 0.404. The molecule has 0 saturated heterocycles. The smallest absolute Gasteiger partial charge is 0.128 e. The van der Waals surface area contributed by atoms with Gasteiger partial charge in [-0.1, -0.05) is 18.2 Å². The quantitative estimate of drug-likeness (QED) is 0.658. The summed E-state index contributed by atoms with van der Waals surface area (Å²) in [7, 11) is 0. The maximum absolute atomic E-state index is 5.78. The molecule has 0 amide bonds. The molecule has 16 heavy (non-hydrogen) atoms. The lowest BCUT2D eigenvalue weighted by Gasteiger charge is -2.06. The minimum Gasteiger partial charge on any atom is -0.399 e. The van der Waals surface area contributed by atoms with Gasteiger partial charge in [0, 0.05) is 23.4 Å². The van der Waals surface area contributed by atoms with E-state index in [0.717, 1.165) is 22.5 Å². The molecule has 0 unspecified atom stereocenters. The Morgan fingerprint density at radius 3 is 2.19 bits per heavy atom. The van der Waals surface area contributed by atoms with Gasteiger partial charge in [-0.05, 0) is 18.2 Å². The van der Waals surface area contributed by atoms with Crippen molar-refractivity contribution in [3.05, 3.63) is 42.0 Å². The lowest BCUT2D eigenvalue weighted by atomic mass is 10.1. The van der Waals surface area contributed by atoms with E-state index in [0.29, 0.717) is 12.4 Å². The van der Waals surface area contributed by atoms with Crippen molar-refractivity contribution < 1.29 is 0 Å². The number of hydrogen-bond acceptors (Lipinski definition) is 4. The number of hydrogen-bond donors (Lipinski definition) is 3. The topological polar surface area (TPSA) is 91.0 Å². The molecular weight excluding hydrogens is 200 g/mol. The van der Waals surface area contributed by atoms with Crippen LogP contribution in [-0.4, -0.2) is 4.98 Å². The third kappa shape index (κ3) is 1.97. The molecule has 0 fully saturated rings. The van der Waals surface area contributed by atoms with Gasteiger partial charge < -0.3 is 17.2 Å². The summed E-state index contributed by atoms with van der Waals surface area (Å²) >= 11 is 0. The molecule has 0 aliphatic rings. The van der Waals surface area contributed by atoms with Gasteiger partial charge in [0.15, 0.2) is 0 Å². The molecule has 0 saturated carbocycles. The van der Waals surface area contributed by atoms with E-state index in [1.807, 2.05) is 36.4 Å². The predicted octanol–water partition coefficient (Wildman–Crippen LogP) is 1.37. The van der Waals surface area contributed by atoms with Gasteiger partial charge in [0.1, 0.15) is 5.82 Å². The van der Waals surface area contributed by atoms with Crippen LogP contribution in [0.1, 0.15) is 5.56 Å². The highest BCUT2D eigenvalue weighted by Gasteiger charge is 2.03. The van der Waals surface area contributed by atoms with Crippen LogP contribution in [0.25, 0.3) is 11.3 Å². The Bertz CT molecular complexity index is 491. The number of pyridine rings is 1. The average molecular weight is 214 g/mol. The zero-order valence-electron chi connectivity index (χ0n) is 8.85. The first-order valence-electron chi connectivity index (χ1n) is 5.02. The van der Waals surface area contributed by atoms with E-state index in [-0.39, 0.29) is 0 Å². The van der Waals surface area contributed by atoms with E-state index < -0.39 is 0 Å². The second-order valence-electron chi connectivity index (χ2n) is 3.57. The molecule has 2 aromatic rings. The van der Waals surface area contributed by atoms with E-state index in [4.69, 9.17) is 17.2 Å². The van der Waals surface area contributed by atoms with Gasteiger partial charge in [-0.25, -0.2) is 4.98 Å². The fraction of sp³-hybridized carbons (Fsp3) is 0.0833. The number of nitrogens with zero attached hydrogens (tertiary/aromatic N) is 1. The monoisotopic (exact) mass is 214 g/mol. The van der Waals surface area contributed by atoms with Gasteiger partial charge in [0.2, 0.25) is 0 Å². The SMILES string of the molecule is NCc1ccc(-c2ccc(N)cc2)nc1N. The molecule has 82 valence electrons. The van der Waals surface area contributed by atoms with Crippen molar-refractivity contribution in [1.29, 1.82) is 0 Å². The second kappa shape index (κ2) is 4.20. The van der Waals surface area contributed by atoms with Crippen LogP contribution in [-0.2, 0) is 6.54 Å². The number of nitrogen functional groups attached to an aromatic ring is 2. The van der Waals surface area contributed by atoms with Crippen molar-refractivity contribution in [2.75, 3.05) is 11.5 Å². The fourth-order valence-electron chi connectivity index (χ4n) is 1.49. The highest BCUT2D eigenvalue weighted by Crippen LogP contribution is 2.21. The van der Waals surface area contributed by atoms with Crippen LogP contribution in [0.2, 0.25) is 0 Å². The molecule has 1 aromatic heterocycles. The van der Waals surface area contributed by atoms with Crippen LogP contribution in [0.4, 0.5) is 11.5 Å². The van der Waals surface area contributed by atoms with Crippen LogP contribution in [0.3, 0.4) is 0 Å². The number of anilines is 2. The van der Waals surface area contributed by atoms with Gasteiger partial charge >= 0.3 is 0 Å². The van der Waals surface area contributed by atoms with Gasteiger partial charge in [0.05, 0.1) is 5.69 Å². The normalized spacial score (nSPS) is 10.3. The van der Waals surface area contributed by atoms with Crippen molar-refractivity contribution in [2.45, 2.75) is 6.54 Å². The summed E-state index contributed by atoms with van der Waals surface area (Å²) in [6.07, 6.45) is 0. The van der Waals surface area contributed by atoms with Crippen molar-refractivity contribution in [3.8, 4) is 11.3 Å². The standard InChI is InChI=1S/C12H14N4/c13-7-9-3-6-11(16-12(9)15)8-1-4-10(14)5-2-8/h1-6H,7,13-14H2,(H2,15,16). The predicted molar refractivity (Wildman–Crippen MR) is 66.4 cm³/mol. The van der Waals surface area contributed by atoms with E-state index in [9.17, 15) is 0 Å². The Morgan fingerprint density at radius 1 is 0.938 bits per heavy atom. The maximum atomic E-state index is 5.78. The molecule has 0 spiro atoms. The molecule has 0 bridgehead atoms. The molecule has 2 rings (SSSR count). The average Bonchev–Trinajstić information content (AvgIpc) is 2.30. The van der Waals surface area contributed by atoms with Gasteiger partial charge in [-0.3, -0.25) is 0 Å². The molecule has 0 atom stereocenters. The summed E-state index contributed by atoms with van der Waals surface area (Å²) in [4.78, 5) is 4.30. The lowest BCUT2D eigenvalue weighted by Crippen LogP contribution is -2.03. The van der Waals surface area contributed by atoms with Crippen LogP contribution in [0.5, 0.6) is 0 Å². The van der Waals surface area contributed by atoms with E-state index in [2.05, 4.69) is 4.98 Å². The highest BCUT2D eigenvalue weighted by molar-refractivity contribution is 5.64. The molecule has 0 aliphatic carbocycles. The fourth-order valence-corrected chi connectivity index (χ4v) is 1.49. The van der Waals surface area contributed by atoms with Crippen LogP contribution in [0.15, 0.2) is 36.4 Å². The molecule has 1 heterocycles. The molecular formula is C12H14N4.